The average molecular weight is 345 g/mol. The van der Waals surface area contributed by atoms with Crippen LogP contribution in [0.25, 0.3) is 0 Å². The first-order valence-corrected chi connectivity index (χ1v) is 9.03. The van der Waals surface area contributed by atoms with Gasteiger partial charge in [-0.1, -0.05) is 24.3 Å². The summed E-state index contributed by atoms with van der Waals surface area (Å²) in [6.45, 7) is 5.87. The SMILES string of the molecule is CC(C)NC(=O)N1CCN(C2Cc3ccccc3C2)C[C@H](C(=O)O)C1. The minimum atomic E-state index is -0.829. The molecule has 1 aromatic carbocycles. The number of carboxylic acids is 1. The molecule has 1 atom stereocenters. The van der Waals surface area contributed by atoms with E-state index in [1.54, 1.807) is 4.90 Å². The Morgan fingerprint density at radius 1 is 1.12 bits per heavy atom. The summed E-state index contributed by atoms with van der Waals surface area (Å²) in [7, 11) is 0. The number of hydrogen-bond acceptors (Lipinski definition) is 3. The number of amides is 2. The maximum Gasteiger partial charge on any atom is 0.317 e. The number of urea groups is 1. The maximum absolute atomic E-state index is 12.3. The molecular weight excluding hydrogens is 318 g/mol. The molecule has 1 aliphatic carbocycles. The fourth-order valence-electron chi connectivity index (χ4n) is 3.84. The first-order chi connectivity index (χ1) is 11.9. The Kier molecular flexibility index (Phi) is 5.27. The molecule has 0 bridgehead atoms. The van der Waals surface area contributed by atoms with E-state index >= 15 is 0 Å². The van der Waals surface area contributed by atoms with E-state index in [0.717, 1.165) is 12.8 Å². The number of nitrogens with one attached hydrogen (secondary N) is 1. The van der Waals surface area contributed by atoms with E-state index in [1.807, 2.05) is 13.8 Å². The molecule has 0 saturated carbocycles. The maximum atomic E-state index is 12.3. The van der Waals surface area contributed by atoms with Crippen molar-refractivity contribution in [2.45, 2.75) is 38.8 Å². The van der Waals surface area contributed by atoms with E-state index < -0.39 is 11.9 Å². The van der Waals surface area contributed by atoms with E-state index in [9.17, 15) is 14.7 Å². The van der Waals surface area contributed by atoms with Crippen molar-refractivity contribution in [3.63, 3.8) is 0 Å². The van der Waals surface area contributed by atoms with E-state index in [2.05, 4.69) is 34.5 Å². The molecule has 1 aliphatic heterocycles. The fraction of sp³-hybridized carbons (Fsp3) is 0.579. The highest BCUT2D eigenvalue weighted by atomic mass is 16.4. The third kappa shape index (κ3) is 4.12. The van der Waals surface area contributed by atoms with E-state index in [1.165, 1.54) is 11.1 Å². The quantitative estimate of drug-likeness (QED) is 0.873. The molecule has 25 heavy (non-hydrogen) atoms. The van der Waals surface area contributed by atoms with Gasteiger partial charge in [0.25, 0.3) is 0 Å². The van der Waals surface area contributed by atoms with Gasteiger partial charge in [0.2, 0.25) is 0 Å². The van der Waals surface area contributed by atoms with Gasteiger partial charge in [0.1, 0.15) is 0 Å². The molecule has 1 fully saturated rings. The predicted octanol–water partition coefficient (Wildman–Crippen LogP) is 1.59. The van der Waals surface area contributed by atoms with Crippen LogP contribution in [0.2, 0.25) is 0 Å². The Balaban J connectivity index is 1.70. The number of hydrogen-bond donors (Lipinski definition) is 2. The molecule has 1 heterocycles. The van der Waals surface area contributed by atoms with Gasteiger partial charge < -0.3 is 15.3 Å². The van der Waals surface area contributed by atoms with Crippen LogP contribution in [0.4, 0.5) is 4.79 Å². The summed E-state index contributed by atoms with van der Waals surface area (Å²) in [4.78, 5) is 27.9. The molecule has 3 rings (SSSR count). The zero-order valence-corrected chi connectivity index (χ0v) is 14.9. The van der Waals surface area contributed by atoms with Crippen LogP contribution >= 0.6 is 0 Å². The van der Waals surface area contributed by atoms with Gasteiger partial charge in [-0.05, 0) is 37.8 Å². The number of rotatable bonds is 3. The standard InChI is InChI=1S/C19H27N3O3/c1-13(2)20-19(25)22-8-7-21(11-16(12-22)18(23)24)17-9-14-5-3-4-6-15(14)10-17/h3-6,13,16-17H,7-12H2,1-2H3,(H,20,25)(H,23,24)/t16-/m0/s1. The topological polar surface area (TPSA) is 72.9 Å². The average Bonchev–Trinajstić information content (AvgIpc) is 2.85. The van der Waals surface area contributed by atoms with Crippen molar-refractivity contribution in [3.8, 4) is 0 Å². The Labute approximate surface area is 148 Å². The van der Waals surface area contributed by atoms with Crippen LogP contribution in [0.3, 0.4) is 0 Å². The first kappa shape index (κ1) is 17.7. The fourth-order valence-corrected chi connectivity index (χ4v) is 3.84. The van der Waals surface area contributed by atoms with Crippen molar-refractivity contribution in [2.24, 2.45) is 5.92 Å². The zero-order chi connectivity index (χ0) is 18.0. The molecular formula is C19H27N3O3. The van der Waals surface area contributed by atoms with Gasteiger partial charge in [0.05, 0.1) is 5.92 Å². The monoisotopic (exact) mass is 345 g/mol. The van der Waals surface area contributed by atoms with Crippen LogP contribution in [-0.4, -0.2) is 65.2 Å². The van der Waals surface area contributed by atoms with Gasteiger partial charge in [-0.25, -0.2) is 4.79 Å². The van der Waals surface area contributed by atoms with Crippen molar-refractivity contribution in [1.82, 2.24) is 15.1 Å². The summed E-state index contributed by atoms with van der Waals surface area (Å²) in [6, 6.07) is 8.63. The Morgan fingerprint density at radius 3 is 2.32 bits per heavy atom. The number of carboxylic acid groups (broad SMARTS) is 1. The summed E-state index contributed by atoms with van der Waals surface area (Å²) >= 11 is 0. The predicted molar refractivity (Wildman–Crippen MR) is 95.6 cm³/mol. The molecule has 0 spiro atoms. The van der Waals surface area contributed by atoms with Crippen LogP contribution in [-0.2, 0) is 17.6 Å². The van der Waals surface area contributed by atoms with Crippen molar-refractivity contribution in [1.29, 1.82) is 0 Å². The summed E-state index contributed by atoms with van der Waals surface area (Å²) < 4.78 is 0. The van der Waals surface area contributed by atoms with Gasteiger partial charge in [0.15, 0.2) is 0 Å². The molecule has 6 heteroatoms. The second kappa shape index (κ2) is 7.44. The smallest absolute Gasteiger partial charge is 0.317 e. The third-order valence-corrected chi connectivity index (χ3v) is 5.15. The lowest BCUT2D eigenvalue weighted by molar-refractivity contribution is -0.142. The summed E-state index contributed by atoms with van der Waals surface area (Å²) in [5, 5.41) is 12.5. The highest BCUT2D eigenvalue weighted by Gasteiger charge is 2.34. The molecule has 1 aromatic rings. The van der Waals surface area contributed by atoms with Crippen molar-refractivity contribution < 1.29 is 14.7 Å². The number of fused-ring (bicyclic) bond motifs is 1. The van der Waals surface area contributed by atoms with Gasteiger partial charge in [-0.2, -0.15) is 0 Å². The van der Waals surface area contributed by atoms with Crippen LogP contribution < -0.4 is 5.32 Å². The van der Waals surface area contributed by atoms with Crippen LogP contribution in [0.1, 0.15) is 25.0 Å². The highest BCUT2D eigenvalue weighted by molar-refractivity contribution is 5.76. The molecule has 0 aromatic heterocycles. The number of carbonyl (C=O) groups excluding carboxylic acids is 1. The van der Waals surface area contributed by atoms with Gasteiger partial charge in [-0.15, -0.1) is 0 Å². The Hall–Kier alpha value is -2.08. The molecule has 2 aliphatic rings. The largest absolute Gasteiger partial charge is 0.481 e. The van der Waals surface area contributed by atoms with Crippen molar-refractivity contribution in [2.75, 3.05) is 26.2 Å². The molecule has 2 N–H and O–H groups in total. The number of benzene rings is 1. The number of carbonyl (C=O) groups is 2. The molecule has 136 valence electrons. The van der Waals surface area contributed by atoms with Gasteiger partial charge in [0, 0.05) is 38.3 Å². The molecule has 0 radical (unpaired) electrons. The summed E-state index contributed by atoms with van der Waals surface area (Å²) in [6.07, 6.45) is 1.92. The molecule has 1 saturated heterocycles. The summed E-state index contributed by atoms with van der Waals surface area (Å²) in [5.74, 6) is -1.38. The number of aliphatic carboxylic acids is 1. The second-order valence-corrected chi connectivity index (χ2v) is 7.41. The van der Waals surface area contributed by atoms with Crippen LogP contribution in [0.5, 0.6) is 0 Å². The molecule has 2 amide bonds. The minimum Gasteiger partial charge on any atom is -0.481 e. The highest BCUT2D eigenvalue weighted by Crippen LogP contribution is 2.27. The first-order valence-electron chi connectivity index (χ1n) is 9.03. The second-order valence-electron chi connectivity index (χ2n) is 7.41. The van der Waals surface area contributed by atoms with Crippen LogP contribution in [0, 0.1) is 5.92 Å². The minimum absolute atomic E-state index is 0.0412. The normalized spacial score (nSPS) is 21.9. The van der Waals surface area contributed by atoms with E-state index in [0.29, 0.717) is 25.7 Å². The van der Waals surface area contributed by atoms with Crippen LogP contribution in [0.15, 0.2) is 24.3 Å². The lowest BCUT2D eigenvalue weighted by atomic mass is 10.1. The Morgan fingerprint density at radius 2 is 1.76 bits per heavy atom. The van der Waals surface area contributed by atoms with Crippen molar-refractivity contribution in [3.05, 3.63) is 35.4 Å². The van der Waals surface area contributed by atoms with E-state index in [4.69, 9.17) is 0 Å². The Bertz CT molecular complexity index is 622. The van der Waals surface area contributed by atoms with Gasteiger partial charge in [-0.3, -0.25) is 9.69 Å². The van der Waals surface area contributed by atoms with E-state index in [-0.39, 0.29) is 18.6 Å². The van der Waals surface area contributed by atoms with Crippen molar-refractivity contribution >= 4 is 12.0 Å². The van der Waals surface area contributed by atoms with Gasteiger partial charge >= 0.3 is 12.0 Å². The lowest BCUT2D eigenvalue weighted by Crippen LogP contribution is -2.46. The summed E-state index contributed by atoms with van der Waals surface area (Å²) in [5.41, 5.74) is 2.72. The zero-order valence-electron chi connectivity index (χ0n) is 14.9. The molecule has 6 nitrogen and oxygen atoms in total. The lowest BCUT2D eigenvalue weighted by Gasteiger charge is -2.28. The number of nitrogens with zero attached hydrogens (tertiary/aromatic N) is 2. The molecule has 0 unspecified atom stereocenters. The third-order valence-electron chi connectivity index (χ3n) is 5.15.